The van der Waals surface area contributed by atoms with E-state index in [-0.39, 0.29) is 69.8 Å². The van der Waals surface area contributed by atoms with Crippen LogP contribution in [0.2, 0.25) is 0 Å². The molecule has 1 heterocycles. The second-order valence-corrected chi connectivity index (χ2v) is 8.41. The van der Waals surface area contributed by atoms with Crippen molar-refractivity contribution >= 4 is 40.1 Å². The van der Waals surface area contributed by atoms with Crippen LogP contribution in [-0.2, 0) is 11.2 Å². The van der Waals surface area contributed by atoms with Gasteiger partial charge in [0.05, 0.1) is 46.1 Å². The number of aromatic nitrogens is 2. The Hall–Kier alpha value is -3.44. The van der Waals surface area contributed by atoms with Crippen LogP contribution in [-0.4, -0.2) is 48.9 Å². The molecule has 0 bridgehead atoms. The third-order valence-electron chi connectivity index (χ3n) is 5.76. The Morgan fingerprint density at radius 1 is 0.816 bits per heavy atom. The van der Waals surface area contributed by atoms with Crippen molar-refractivity contribution in [2.24, 2.45) is 0 Å². The van der Waals surface area contributed by atoms with Crippen molar-refractivity contribution in [3.63, 3.8) is 0 Å². The smallest absolute Gasteiger partial charge is 0.545 e. The monoisotopic (exact) mass is 542 g/mol. The molecule has 0 saturated carbocycles. The van der Waals surface area contributed by atoms with E-state index in [0.29, 0.717) is 28.1 Å². The average Bonchev–Trinajstić information content (AvgIpc) is 3.39. The quantitative estimate of drug-likeness (QED) is 0.159. The van der Waals surface area contributed by atoms with Gasteiger partial charge in [0.1, 0.15) is 16.8 Å². The molecule has 0 spiro atoms. The average molecular weight is 543 g/mol. The number of allylic oxidation sites excluding steroid dienone is 1. The first-order valence-corrected chi connectivity index (χ1v) is 11.8. The number of carbonyl (C=O) groups excluding carboxylic acids is 2. The molecule has 0 fully saturated rings. The minimum Gasteiger partial charge on any atom is -0.545 e. The van der Waals surface area contributed by atoms with Crippen molar-refractivity contribution in [2.75, 3.05) is 28.4 Å². The normalized spacial score (nSPS) is 11.3. The molecule has 0 aliphatic heterocycles. The summed E-state index contributed by atoms with van der Waals surface area (Å²) >= 11 is 1.01. The van der Waals surface area contributed by atoms with Crippen molar-refractivity contribution in [3.8, 4) is 23.0 Å². The number of hydrogen-bond donors (Lipinski definition) is 0. The molecule has 9 nitrogen and oxygen atoms in total. The zero-order valence-electron chi connectivity index (χ0n) is 21.6. The maximum atomic E-state index is 14.0. The fourth-order valence-corrected chi connectivity index (χ4v) is 4.53. The van der Waals surface area contributed by atoms with Crippen molar-refractivity contribution in [3.05, 3.63) is 76.9 Å². The number of hydrogen-bond acceptors (Lipinski definition) is 10. The molecule has 0 amide bonds. The summed E-state index contributed by atoms with van der Waals surface area (Å²) in [7, 11) is 5.85. The molecule has 0 aliphatic rings. The van der Waals surface area contributed by atoms with Gasteiger partial charge in [-0.05, 0) is 47.5 Å². The number of rotatable bonds is 10. The number of carboxylic acids is 1. The number of ether oxygens (including phenoxy) is 4. The van der Waals surface area contributed by atoms with E-state index in [4.69, 9.17) is 18.9 Å². The number of fused-ring (bicyclic) bond motifs is 1. The molecule has 0 radical (unpaired) electrons. The molecule has 3 aromatic carbocycles. The van der Waals surface area contributed by atoms with Crippen molar-refractivity contribution < 1.29 is 63.2 Å². The van der Waals surface area contributed by atoms with Gasteiger partial charge in [0.25, 0.3) is 0 Å². The second kappa shape index (κ2) is 12.9. The fourth-order valence-electron chi connectivity index (χ4n) is 4.01. The number of benzene rings is 3. The predicted molar refractivity (Wildman–Crippen MR) is 136 cm³/mol. The minimum absolute atomic E-state index is 0. The zero-order chi connectivity index (χ0) is 26.5. The summed E-state index contributed by atoms with van der Waals surface area (Å²) in [5.74, 6) is -0.644. The maximum absolute atomic E-state index is 14.0. The molecule has 4 aromatic rings. The Bertz CT molecular complexity index is 1490. The van der Waals surface area contributed by atoms with Crippen LogP contribution in [0.25, 0.3) is 16.6 Å². The molecule has 0 saturated heterocycles. The SMILES string of the molecule is COc1cccc(C/C(C(=O)c2cc(OC)c(OC)c(OC)c2)=C(\C(=O)[O-])c2ccc3nsnc3c2)c1.[Na+]. The summed E-state index contributed by atoms with van der Waals surface area (Å²) in [6.45, 7) is 0. The fraction of sp³-hybridized carbons (Fsp3) is 0.185. The van der Waals surface area contributed by atoms with E-state index >= 15 is 0 Å². The molecule has 0 atom stereocenters. The Balaban J connectivity index is 0.00000400. The maximum Gasteiger partial charge on any atom is 1.00 e. The molecule has 0 N–H and O–H groups in total. The molecular weight excluding hydrogens is 519 g/mol. The minimum atomic E-state index is -1.50. The first-order valence-electron chi connectivity index (χ1n) is 11.0. The largest absolute Gasteiger partial charge is 1.00 e. The van der Waals surface area contributed by atoms with Gasteiger partial charge in [0.15, 0.2) is 17.3 Å². The first kappa shape index (κ1) is 29.1. The number of aliphatic carboxylic acids is 1. The Labute approximate surface area is 245 Å². The van der Waals surface area contributed by atoms with E-state index in [2.05, 4.69) is 8.75 Å². The summed E-state index contributed by atoms with van der Waals surface area (Å²) in [5.41, 5.74) is 1.99. The number of carbonyl (C=O) groups is 2. The molecule has 38 heavy (non-hydrogen) atoms. The molecule has 1 aromatic heterocycles. The van der Waals surface area contributed by atoms with E-state index in [1.54, 1.807) is 42.5 Å². The number of carboxylic acid groups (broad SMARTS) is 1. The second-order valence-electron chi connectivity index (χ2n) is 7.88. The Morgan fingerprint density at radius 3 is 2.11 bits per heavy atom. The van der Waals surface area contributed by atoms with Crippen LogP contribution in [0.3, 0.4) is 0 Å². The van der Waals surface area contributed by atoms with E-state index in [9.17, 15) is 14.7 Å². The summed E-state index contributed by atoms with van der Waals surface area (Å²) in [6, 6.07) is 14.8. The van der Waals surface area contributed by atoms with Gasteiger partial charge >= 0.3 is 29.6 Å². The number of ketones is 1. The van der Waals surface area contributed by atoms with Crippen LogP contribution in [0.5, 0.6) is 23.0 Å². The number of nitrogens with zero attached hydrogens (tertiary/aromatic N) is 2. The van der Waals surface area contributed by atoms with E-state index < -0.39 is 11.8 Å². The summed E-state index contributed by atoms with van der Waals surface area (Å²) < 4.78 is 29.8. The molecule has 0 aliphatic carbocycles. The van der Waals surface area contributed by atoms with Crippen LogP contribution in [0, 0.1) is 0 Å². The topological polar surface area (TPSA) is 120 Å². The van der Waals surface area contributed by atoms with Gasteiger partial charge in [-0.15, -0.1) is 0 Å². The standard InChI is InChI=1S/C27H24N2O7S.Na/c1-33-18-7-5-6-15(10-18)11-19(24(27(31)32)16-8-9-20-21(12-16)29-37-28-20)25(30)17-13-22(34-2)26(36-4)23(14-17)35-3;/h5-10,12-14H,11H2,1-4H3,(H,31,32);/q;+1/p-1/b24-19+;. The van der Waals surface area contributed by atoms with Crippen LogP contribution >= 0.6 is 11.7 Å². The van der Waals surface area contributed by atoms with E-state index in [1.165, 1.54) is 40.6 Å². The molecule has 190 valence electrons. The van der Waals surface area contributed by atoms with Crippen molar-refractivity contribution in [2.45, 2.75) is 6.42 Å². The van der Waals surface area contributed by atoms with Crippen molar-refractivity contribution in [1.82, 2.24) is 8.75 Å². The summed E-state index contributed by atoms with van der Waals surface area (Å²) in [5, 5.41) is 12.6. The first-order chi connectivity index (χ1) is 17.9. The van der Waals surface area contributed by atoms with Gasteiger partial charge < -0.3 is 28.8 Å². The zero-order valence-corrected chi connectivity index (χ0v) is 24.4. The van der Waals surface area contributed by atoms with E-state index in [1.807, 2.05) is 0 Å². The van der Waals surface area contributed by atoms with Gasteiger partial charge in [-0.1, -0.05) is 18.2 Å². The summed E-state index contributed by atoms with van der Waals surface area (Å²) in [4.78, 5) is 26.6. The summed E-state index contributed by atoms with van der Waals surface area (Å²) in [6.07, 6.45) is -0.0106. The molecule has 11 heteroatoms. The van der Waals surface area contributed by atoms with Crippen LogP contribution in [0.15, 0.2) is 60.2 Å². The van der Waals surface area contributed by atoms with Crippen LogP contribution < -0.4 is 53.6 Å². The van der Waals surface area contributed by atoms with Crippen LogP contribution in [0.4, 0.5) is 0 Å². The van der Waals surface area contributed by atoms with Gasteiger partial charge in [0, 0.05) is 23.1 Å². The Morgan fingerprint density at radius 2 is 1.50 bits per heavy atom. The van der Waals surface area contributed by atoms with E-state index in [0.717, 1.165) is 11.7 Å². The molecule has 0 unspecified atom stereocenters. The van der Waals surface area contributed by atoms with Gasteiger partial charge in [-0.3, -0.25) is 4.79 Å². The third-order valence-corrected chi connectivity index (χ3v) is 6.32. The number of methoxy groups -OCH3 is 4. The molecular formula is C27H23N2NaO7S. The van der Waals surface area contributed by atoms with Gasteiger partial charge in [-0.2, -0.15) is 8.75 Å². The third kappa shape index (κ3) is 5.99. The van der Waals surface area contributed by atoms with Gasteiger partial charge in [0.2, 0.25) is 5.75 Å². The van der Waals surface area contributed by atoms with Gasteiger partial charge in [-0.25, -0.2) is 0 Å². The predicted octanol–water partition coefficient (Wildman–Crippen LogP) is 0.359. The molecule has 4 rings (SSSR count). The number of Topliss-reactive ketones (excluding diaryl/α,β-unsaturated/α-hetero) is 1. The van der Waals surface area contributed by atoms with Crippen molar-refractivity contribution in [1.29, 1.82) is 0 Å². The Kier molecular flexibility index (Phi) is 9.87. The van der Waals surface area contributed by atoms with Crippen LogP contribution in [0.1, 0.15) is 21.5 Å².